The van der Waals surface area contributed by atoms with Crippen molar-refractivity contribution in [3.8, 4) is 5.88 Å². The molecule has 19 heavy (non-hydrogen) atoms. The van der Waals surface area contributed by atoms with Gasteiger partial charge in [-0.15, -0.1) is 0 Å². The number of β-amino-alcohol motifs (C(OH)–C–C–N with tert-alkyl or cyclic N) is 1. The number of aromatic nitrogens is 1. The Morgan fingerprint density at radius 2 is 2.37 bits per heavy atom. The second kappa shape index (κ2) is 5.38. The minimum atomic E-state index is -0.378. The number of nitrogens with zero attached hydrogens (tertiary/aromatic N) is 2. The topological polar surface area (TPSA) is 62.7 Å². The van der Waals surface area contributed by atoms with Crippen molar-refractivity contribution in [2.75, 3.05) is 24.6 Å². The van der Waals surface area contributed by atoms with Gasteiger partial charge in [0.2, 0.25) is 5.88 Å². The standard InChI is InChI=1S/C13H16N2O3S/c16-10-6-15(7-10)13(17)9-1-3-14-12(5-9)18-11-2-4-19-8-11/h1,3,5,10-11,16H,2,4,6-8H2/t11-/m1/s1. The number of aliphatic hydroxyl groups excluding tert-OH is 1. The highest BCUT2D eigenvalue weighted by Gasteiger charge is 2.29. The Kier molecular flexibility index (Phi) is 3.61. The highest BCUT2D eigenvalue weighted by atomic mass is 32.2. The fraction of sp³-hybridized carbons (Fsp3) is 0.538. The van der Waals surface area contributed by atoms with Crippen LogP contribution in [0.2, 0.25) is 0 Å². The number of aliphatic hydroxyl groups is 1. The molecule has 0 aliphatic carbocycles. The lowest BCUT2D eigenvalue weighted by Crippen LogP contribution is -2.53. The number of amides is 1. The first-order valence-corrected chi connectivity index (χ1v) is 7.55. The highest BCUT2D eigenvalue weighted by molar-refractivity contribution is 7.99. The van der Waals surface area contributed by atoms with E-state index in [0.29, 0.717) is 24.5 Å². The molecule has 0 bridgehead atoms. The number of ether oxygens (including phenoxy) is 1. The van der Waals surface area contributed by atoms with Gasteiger partial charge in [-0.2, -0.15) is 11.8 Å². The lowest BCUT2D eigenvalue weighted by Gasteiger charge is -2.35. The fourth-order valence-corrected chi connectivity index (χ4v) is 3.28. The zero-order valence-corrected chi connectivity index (χ0v) is 11.3. The van der Waals surface area contributed by atoms with Crippen LogP contribution in [0.15, 0.2) is 18.3 Å². The molecule has 2 aliphatic heterocycles. The molecule has 1 amide bonds. The molecule has 0 spiro atoms. The average Bonchev–Trinajstić information content (AvgIpc) is 2.87. The summed E-state index contributed by atoms with van der Waals surface area (Å²) in [5, 5.41) is 9.23. The number of hydrogen-bond acceptors (Lipinski definition) is 5. The molecule has 0 radical (unpaired) electrons. The maximum atomic E-state index is 12.1. The number of thioether (sulfide) groups is 1. The Morgan fingerprint density at radius 3 is 3.05 bits per heavy atom. The molecule has 1 aromatic heterocycles. The van der Waals surface area contributed by atoms with Crippen molar-refractivity contribution in [2.45, 2.75) is 18.6 Å². The van der Waals surface area contributed by atoms with Crippen LogP contribution in [0.25, 0.3) is 0 Å². The Balaban J connectivity index is 1.67. The molecule has 5 nitrogen and oxygen atoms in total. The molecule has 0 aromatic carbocycles. The number of carbonyl (C=O) groups is 1. The second-order valence-corrected chi connectivity index (χ2v) is 6.00. The van der Waals surface area contributed by atoms with Crippen molar-refractivity contribution in [3.63, 3.8) is 0 Å². The molecule has 102 valence electrons. The Labute approximate surface area is 116 Å². The fourth-order valence-electron chi connectivity index (χ4n) is 2.19. The number of rotatable bonds is 3. The average molecular weight is 280 g/mol. The van der Waals surface area contributed by atoms with E-state index in [9.17, 15) is 9.90 Å². The SMILES string of the molecule is O=C(c1ccnc(O[C@@H]2CCSC2)c1)N1CC(O)C1. The molecule has 1 atom stereocenters. The summed E-state index contributed by atoms with van der Waals surface area (Å²) in [6.45, 7) is 0.827. The third-order valence-corrected chi connectivity index (χ3v) is 4.44. The monoisotopic (exact) mass is 280 g/mol. The second-order valence-electron chi connectivity index (χ2n) is 4.85. The molecule has 0 unspecified atom stereocenters. The zero-order chi connectivity index (χ0) is 13.2. The first kappa shape index (κ1) is 12.7. The van der Waals surface area contributed by atoms with Crippen LogP contribution in [-0.4, -0.2) is 57.7 Å². The van der Waals surface area contributed by atoms with E-state index in [1.54, 1.807) is 23.2 Å². The maximum absolute atomic E-state index is 12.1. The van der Waals surface area contributed by atoms with Gasteiger partial charge in [0.15, 0.2) is 0 Å². The quantitative estimate of drug-likeness (QED) is 0.886. The van der Waals surface area contributed by atoms with Crippen molar-refractivity contribution in [3.05, 3.63) is 23.9 Å². The molecule has 6 heteroatoms. The van der Waals surface area contributed by atoms with Gasteiger partial charge in [0.05, 0.1) is 6.10 Å². The van der Waals surface area contributed by atoms with Gasteiger partial charge >= 0.3 is 0 Å². The van der Waals surface area contributed by atoms with E-state index in [4.69, 9.17) is 4.74 Å². The summed E-state index contributed by atoms with van der Waals surface area (Å²) in [5.74, 6) is 2.55. The first-order chi connectivity index (χ1) is 9.22. The van der Waals surface area contributed by atoms with Crippen LogP contribution >= 0.6 is 11.8 Å². The normalized spacial score (nSPS) is 23.2. The van der Waals surface area contributed by atoms with Crippen LogP contribution in [0.1, 0.15) is 16.8 Å². The van der Waals surface area contributed by atoms with Crippen LogP contribution in [0.5, 0.6) is 5.88 Å². The van der Waals surface area contributed by atoms with Gasteiger partial charge in [0.25, 0.3) is 5.91 Å². The van der Waals surface area contributed by atoms with E-state index in [1.165, 1.54) is 0 Å². The molecule has 2 saturated heterocycles. The minimum absolute atomic E-state index is 0.0710. The number of hydrogen-bond donors (Lipinski definition) is 1. The van der Waals surface area contributed by atoms with E-state index in [-0.39, 0.29) is 18.1 Å². The summed E-state index contributed by atoms with van der Waals surface area (Å²) in [7, 11) is 0. The van der Waals surface area contributed by atoms with Crippen LogP contribution in [0.4, 0.5) is 0 Å². The Hall–Kier alpha value is -1.27. The van der Waals surface area contributed by atoms with E-state index >= 15 is 0 Å². The van der Waals surface area contributed by atoms with Crippen LogP contribution in [0.3, 0.4) is 0 Å². The van der Waals surface area contributed by atoms with E-state index in [0.717, 1.165) is 17.9 Å². The van der Waals surface area contributed by atoms with Gasteiger partial charge in [-0.25, -0.2) is 4.98 Å². The number of pyridine rings is 1. The maximum Gasteiger partial charge on any atom is 0.254 e. The number of likely N-dealkylation sites (tertiary alicyclic amines) is 1. The van der Waals surface area contributed by atoms with Crippen molar-refractivity contribution in [1.82, 2.24) is 9.88 Å². The third kappa shape index (κ3) is 2.84. The summed E-state index contributed by atoms with van der Waals surface area (Å²) in [5.41, 5.74) is 0.572. The Bertz CT molecular complexity index is 471. The molecule has 3 rings (SSSR count). The predicted molar refractivity (Wildman–Crippen MR) is 72.5 cm³/mol. The molecular weight excluding hydrogens is 264 g/mol. The van der Waals surface area contributed by atoms with E-state index < -0.39 is 0 Å². The molecular formula is C13H16N2O3S. The zero-order valence-electron chi connectivity index (χ0n) is 10.5. The summed E-state index contributed by atoms with van der Waals surface area (Å²) in [6.07, 6.45) is 2.45. The van der Waals surface area contributed by atoms with Crippen LogP contribution in [0, 0.1) is 0 Å². The summed E-state index contributed by atoms with van der Waals surface area (Å²) in [4.78, 5) is 17.9. The molecule has 2 aliphatic rings. The van der Waals surface area contributed by atoms with Gasteiger partial charge < -0.3 is 14.7 Å². The highest BCUT2D eigenvalue weighted by Crippen LogP contribution is 2.23. The van der Waals surface area contributed by atoms with E-state index in [2.05, 4.69) is 4.98 Å². The summed E-state index contributed by atoms with van der Waals surface area (Å²) in [6, 6.07) is 3.37. The van der Waals surface area contributed by atoms with Gasteiger partial charge in [0.1, 0.15) is 6.10 Å². The third-order valence-electron chi connectivity index (χ3n) is 3.31. The van der Waals surface area contributed by atoms with Gasteiger partial charge in [-0.05, 0) is 18.2 Å². The predicted octanol–water partition coefficient (Wildman–Crippen LogP) is 0.783. The van der Waals surface area contributed by atoms with E-state index in [1.807, 2.05) is 11.8 Å². The molecule has 3 heterocycles. The molecule has 1 N–H and O–H groups in total. The summed E-state index contributed by atoms with van der Waals surface area (Å²) >= 11 is 1.87. The Morgan fingerprint density at radius 1 is 1.53 bits per heavy atom. The molecule has 1 aromatic rings. The van der Waals surface area contributed by atoms with Crippen LogP contribution < -0.4 is 4.74 Å². The minimum Gasteiger partial charge on any atom is -0.473 e. The largest absolute Gasteiger partial charge is 0.473 e. The number of carbonyl (C=O) groups excluding carboxylic acids is 1. The van der Waals surface area contributed by atoms with Crippen molar-refractivity contribution in [1.29, 1.82) is 0 Å². The lowest BCUT2D eigenvalue weighted by atomic mass is 10.1. The lowest BCUT2D eigenvalue weighted by molar-refractivity contribution is 0.00585. The molecule has 2 fully saturated rings. The van der Waals surface area contributed by atoms with Crippen LogP contribution in [-0.2, 0) is 0 Å². The van der Waals surface area contributed by atoms with Crippen molar-refractivity contribution >= 4 is 17.7 Å². The van der Waals surface area contributed by atoms with Gasteiger partial charge in [-0.3, -0.25) is 4.79 Å². The van der Waals surface area contributed by atoms with Crippen molar-refractivity contribution < 1.29 is 14.6 Å². The summed E-state index contributed by atoms with van der Waals surface area (Å²) < 4.78 is 5.77. The van der Waals surface area contributed by atoms with Crippen molar-refractivity contribution in [2.24, 2.45) is 0 Å². The first-order valence-electron chi connectivity index (χ1n) is 6.40. The van der Waals surface area contributed by atoms with Gasteiger partial charge in [0, 0.05) is 36.7 Å². The smallest absolute Gasteiger partial charge is 0.254 e. The molecule has 0 saturated carbocycles. The van der Waals surface area contributed by atoms with Gasteiger partial charge in [-0.1, -0.05) is 0 Å².